The number of nitrogens with two attached hydrogens (primary N) is 1. The van der Waals surface area contributed by atoms with E-state index in [9.17, 15) is 4.79 Å². The van der Waals surface area contributed by atoms with Gasteiger partial charge in [0, 0.05) is 0 Å². The molecule has 0 spiro atoms. The van der Waals surface area contributed by atoms with Crippen molar-refractivity contribution in [3.8, 4) is 0 Å². The third-order valence-electron chi connectivity index (χ3n) is 1.48. The molecule has 0 unspecified atom stereocenters. The highest BCUT2D eigenvalue weighted by Crippen LogP contribution is 2.00. The Morgan fingerprint density at radius 1 is 1.69 bits per heavy atom. The maximum atomic E-state index is 11.1. The van der Waals surface area contributed by atoms with Gasteiger partial charge in [-0.3, -0.25) is 0 Å². The lowest BCUT2D eigenvalue weighted by molar-refractivity contribution is 0.785. The molecule has 0 saturated heterocycles. The summed E-state index contributed by atoms with van der Waals surface area (Å²) >= 11 is 4.71. The lowest BCUT2D eigenvalue weighted by Gasteiger charge is -1.91. The average Bonchev–Trinajstić information content (AvgIpc) is 2.48. The second-order valence-corrected chi connectivity index (χ2v) is 2.71. The first-order valence-electron chi connectivity index (χ1n) is 3.28. The molecular formula is C5H4N6OS. The van der Waals surface area contributed by atoms with Crippen LogP contribution in [0.25, 0.3) is 5.65 Å². The normalized spacial score (nSPS) is 10.5. The summed E-state index contributed by atoms with van der Waals surface area (Å²) in [5.74, 6) is 0. The third-order valence-corrected chi connectivity index (χ3v) is 1.68. The Bertz CT molecular complexity index is 527. The van der Waals surface area contributed by atoms with Crippen molar-refractivity contribution in [1.29, 1.82) is 0 Å². The third kappa shape index (κ3) is 1.07. The van der Waals surface area contributed by atoms with E-state index < -0.39 is 5.69 Å². The van der Waals surface area contributed by atoms with Gasteiger partial charge in [-0.15, -0.1) is 5.10 Å². The van der Waals surface area contributed by atoms with E-state index in [-0.39, 0.29) is 10.6 Å². The van der Waals surface area contributed by atoms with Crippen LogP contribution in [0.2, 0.25) is 0 Å². The predicted molar refractivity (Wildman–Crippen MR) is 47.3 cm³/mol. The van der Waals surface area contributed by atoms with Gasteiger partial charge in [-0.05, 0) is 0 Å². The van der Waals surface area contributed by atoms with Gasteiger partial charge in [0.05, 0.1) is 0 Å². The Kier molecular flexibility index (Phi) is 1.55. The summed E-state index contributed by atoms with van der Waals surface area (Å²) in [5.41, 5.74) is 5.48. The van der Waals surface area contributed by atoms with E-state index in [4.69, 9.17) is 18.0 Å². The highest BCUT2D eigenvalue weighted by molar-refractivity contribution is 7.80. The summed E-state index contributed by atoms with van der Waals surface area (Å²) in [7, 11) is 0. The summed E-state index contributed by atoms with van der Waals surface area (Å²) in [5, 5.41) is 9.16. The van der Waals surface area contributed by atoms with Crippen molar-refractivity contribution in [2.24, 2.45) is 5.73 Å². The minimum atomic E-state index is -0.431. The van der Waals surface area contributed by atoms with Gasteiger partial charge in [0.2, 0.25) is 0 Å². The average molecular weight is 196 g/mol. The quantitative estimate of drug-likeness (QED) is 0.535. The summed E-state index contributed by atoms with van der Waals surface area (Å²) in [6, 6.07) is 0. The molecule has 7 nitrogen and oxygen atoms in total. The number of hydrogen-bond donors (Lipinski definition) is 2. The summed E-state index contributed by atoms with van der Waals surface area (Å²) in [6.07, 6.45) is 1.29. The standard InChI is InChI=1S/C5H4N6OS/c6-3(13)2-4-8-10-9-5(12)11(4)1-7-2/h1H,(H2,6,13)(H,8,9,12). The molecule has 0 fully saturated rings. The number of rotatable bonds is 1. The Labute approximate surface area is 76.6 Å². The second-order valence-electron chi connectivity index (χ2n) is 2.27. The smallest absolute Gasteiger partial charge is 0.350 e. The van der Waals surface area contributed by atoms with Crippen LogP contribution < -0.4 is 11.4 Å². The first-order valence-corrected chi connectivity index (χ1v) is 3.69. The number of nitrogens with zero attached hydrogens (tertiary/aromatic N) is 4. The molecule has 8 heteroatoms. The lowest BCUT2D eigenvalue weighted by atomic mass is 10.4. The molecule has 0 amide bonds. The largest absolute Gasteiger partial charge is 0.388 e. The minimum absolute atomic E-state index is 0.0856. The molecule has 0 aliphatic heterocycles. The zero-order valence-electron chi connectivity index (χ0n) is 6.26. The van der Waals surface area contributed by atoms with Crippen molar-refractivity contribution in [3.05, 3.63) is 22.5 Å². The highest BCUT2D eigenvalue weighted by atomic mass is 32.1. The van der Waals surface area contributed by atoms with Gasteiger partial charge >= 0.3 is 5.69 Å². The minimum Gasteiger partial charge on any atom is -0.388 e. The van der Waals surface area contributed by atoms with Gasteiger partial charge in [-0.1, -0.05) is 17.4 Å². The molecule has 0 aliphatic carbocycles. The molecule has 2 heterocycles. The number of fused-ring (bicyclic) bond motifs is 1. The Balaban J connectivity index is 2.91. The van der Waals surface area contributed by atoms with Crippen LogP contribution >= 0.6 is 12.2 Å². The Hall–Kier alpha value is -1.83. The molecule has 0 bridgehead atoms. The number of nitrogens with one attached hydrogen (secondary N) is 1. The summed E-state index contributed by atoms with van der Waals surface area (Å²) in [4.78, 5) is 15.0. The van der Waals surface area contributed by atoms with E-state index in [2.05, 4.69) is 20.4 Å². The van der Waals surface area contributed by atoms with Crippen LogP contribution in [0, 0.1) is 0 Å². The first kappa shape index (κ1) is 7.80. The number of aromatic nitrogens is 5. The number of H-pyrrole nitrogens is 1. The van der Waals surface area contributed by atoms with Crippen LogP contribution in [0.1, 0.15) is 5.69 Å². The van der Waals surface area contributed by atoms with Gasteiger partial charge < -0.3 is 5.73 Å². The van der Waals surface area contributed by atoms with E-state index >= 15 is 0 Å². The van der Waals surface area contributed by atoms with E-state index in [0.717, 1.165) is 0 Å². The monoisotopic (exact) mass is 196 g/mol. The maximum Gasteiger partial charge on any atom is 0.350 e. The SMILES string of the molecule is NC(=S)c1ncn2c(=O)[nH]nnc12. The molecule has 0 aliphatic rings. The number of hydrogen-bond acceptors (Lipinski definition) is 5. The zero-order chi connectivity index (χ0) is 9.42. The van der Waals surface area contributed by atoms with Gasteiger partial charge in [-0.2, -0.15) is 0 Å². The molecular weight excluding hydrogens is 192 g/mol. The molecule has 0 saturated carbocycles. The van der Waals surface area contributed by atoms with Crippen molar-refractivity contribution in [2.75, 3.05) is 0 Å². The Morgan fingerprint density at radius 3 is 3.15 bits per heavy atom. The van der Waals surface area contributed by atoms with Crippen LogP contribution in [0.5, 0.6) is 0 Å². The van der Waals surface area contributed by atoms with E-state index in [1.165, 1.54) is 10.7 Å². The van der Waals surface area contributed by atoms with Crippen LogP contribution in [-0.4, -0.2) is 29.8 Å². The predicted octanol–water partition coefficient (Wildman–Crippen LogP) is -1.55. The molecule has 13 heavy (non-hydrogen) atoms. The fourth-order valence-electron chi connectivity index (χ4n) is 0.929. The fraction of sp³-hybridized carbons (Fsp3) is 0. The maximum absolute atomic E-state index is 11.1. The molecule has 0 aromatic carbocycles. The molecule has 66 valence electrons. The van der Waals surface area contributed by atoms with Gasteiger partial charge in [0.15, 0.2) is 5.65 Å². The number of imidazole rings is 1. The van der Waals surface area contributed by atoms with Crippen molar-refractivity contribution >= 4 is 22.9 Å². The molecule has 2 rings (SSSR count). The highest BCUT2D eigenvalue weighted by Gasteiger charge is 2.09. The van der Waals surface area contributed by atoms with E-state index in [1.807, 2.05) is 0 Å². The summed E-state index contributed by atoms with van der Waals surface area (Å²) < 4.78 is 1.18. The number of aromatic amines is 1. The van der Waals surface area contributed by atoms with Crippen molar-refractivity contribution in [2.45, 2.75) is 0 Å². The molecule has 2 aromatic heterocycles. The van der Waals surface area contributed by atoms with Crippen LogP contribution in [0.15, 0.2) is 11.1 Å². The lowest BCUT2D eigenvalue weighted by Crippen LogP contribution is -2.19. The molecule has 3 N–H and O–H groups in total. The van der Waals surface area contributed by atoms with Crippen molar-refractivity contribution < 1.29 is 0 Å². The van der Waals surface area contributed by atoms with Crippen LogP contribution in [0.4, 0.5) is 0 Å². The van der Waals surface area contributed by atoms with Crippen molar-refractivity contribution in [3.63, 3.8) is 0 Å². The molecule has 0 atom stereocenters. The van der Waals surface area contributed by atoms with Crippen molar-refractivity contribution in [1.82, 2.24) is 24.8 Å². The first-order chi connectivity index (χ1) is 6.20. The molecule has 2 aromatic rings. The molecule has 0 radical (unpaired) electrons. The second kappa shape index (κ2) is 2.59. The zero-order valence-corrected chi connectivity index (χ0v) is 7.08. The van der Waals surface area contributed by atoms with Gasteiger partial charge in [0.25, 0.3) is 0 Å². The van der Waals surface area contributed by atoms with E-state index in [1.54, 1.807) is 0 Å². The topological polar surface area (TPSA) is 102 Å². The van der Waals surface area contributed by atoms with Gasteiger partial charge in [-0.25, -0.2) is 19.3 Å². The van der Waals surface area contributed by atoms with E-state index in [0.29, 0.717) is 5.69 Å². The Morgan fingerprint density at radius 2 is 2.46 bits per heavy atom. The van der Waals surface area contributed by atoms with Crippen LogP contribution in [-0.2, 0) is 0 Å². The van der Waals surface area contributed by atoms with Crippen LogP contribution in [0.3, 0.4) is 0 Å². The number of thiocarbonyl (C=S) groups is 1. The summed E-state index contributed by atoms with van der Waals surface area (Å²) in [6.45, 7) is 0. The fourth-order valence-corrected chi connectivity index (χ4v) is 1.07. The van der Waals surface area contributed by atoms with Gasteiger partial charge in [0.1, 0.15) is 17.0 Å².